The van der Waals surface area contributed by atoms with Crippen LogP contribution in [0.15, 0.2) is 0 Å². The lowest BCUT2D eigenvalue weighted by Crippen LogP contribution is -2.62. The zero-order valence-electron chi connectivity index (χ0n) is 29.9. The fraction of sp³-hybridized carbons (Fsp3) is 0.815. The standard InChI is InChI=1S/C27H45N5O5/c1-25(2,3)20(30-24(37)31-26(4,5)6)23(36)32-13-15-17(27(15,7)8)18(32)22(35)29-16(19(33)21(28)34)12-14-10-9-11-14/h14-18,20H,9-13H2,1-8H3,(H2,28,34)(H,29,35)(H2,30,31,37)/t15-,16?,17-,18-,20+/m0/s1/i9D2,10D2,11D2,14D. The Balaban J connectivity index is 1.95. The van der Waals surface area contributed by atoms with Crippen molar-refractivity contribution in [1.29, 1.82) is 0 Å². The van der Waals surface area contributed by atoms with Gasteiger partial charge in [-0.2, -0.15) is 0 Å². The molecule has 0 bridgehead atoms. The number of fused-ring (bicyclic) bond motifs is 1. The van der Waals surface area contributed by atoms with Crippen LogP contribution in [0.2, 0.25) is 0 Å². The molecule has 3 aliphatic rings. The van der Waals surface area contributed by atoms with Crippen LogP contribution in [-0.2, 0) is 19.2 Å². The number of carbonyl (C=O) groups excluding carboxylic acids is 5. The number of urea groups is 1. The Bertz CT molecular complexity index is 1240. The molecule has 0 aromatic rings. The van der Waals surface area contributed by atoms with Gasteiger partial charge in [0.2, 0.25) is 17.6 Å². The summed E-state index contributed by atoms with van der Waals surface area (Å²) < 4.78 is 56.6. The van der Waals surface area contributed by atoms with Crippen molar-refractivity contribution in [3.05, 3.63) is 0 Å². The van der Waals surface area contributed by atoms with Crippen LogP contribution in [-0.4, -0.2) is 64.6 Å². The third-order valence-electron chi connectivity index (χ3n) is 7.35. The maximum Gasteiger partial charge on any atom is 0.315 e. The molecule has 0 aromatic carbocycles. The number of carbonyl (C=O) groups is 5. The summed E-state index contributed by atoms with van der Waals surface area (Å²) in [5.74, 6) is -7.75. The van der Waals surface area contributed by atoms with Crippen molar-refractivity contribution in [3.8, 4) is 0 Å². The van der Waals surface area contributed by atoms with E-state index >= 15 is 0 Å². The molecule has 0 aromatic heterocycles. The number of hydrogen-bond donors (Lipinski definition) is 4. The minimum atomic E-state index is -3.10. The first-order chi connectivity index (χ1) is 19.5. The molecule has 3 rings (SSSR count). The number of primary amides is 1. The van der Waals surface area contributed by atoms with Crippen LogP contribution >= 0.6 is 0 Å². The second-order valence-electron chi connectivity index (χ2n) is 12.9. The monoisotopic (exact) mass is 526 g/mol. The van der Waals surface area contributed by atoms with E-state index in [1.165, 1.54) is 4.90 Å². The van der Waals surface area contributed by atoms with E-state index in [0.29, 0.717) is 0 Å². The third-order valence-corrected chi connectivity index (χ3v) is 7.35. The molecule has 10 nitrogen and oxygen atoms in total. The highest BCUT2D eigenvalue weighted by atomic mass is 16.2. The summed E-state index contributed by atoms with van der Waals surface area (Å²) in [5, 5.41) is 7.80. The topological polar surface area (TPSA) is 151 Å². The molecular formula is C27H45N5O5. The van der Waals surface area contributed by atoms with E-state index in [4.69, 9.17) is 15.3 Å². The maximum atomic E-state index is 14.0. The second kappa shape index (κ2) is 9.91. The highest BCUT2D eigenvalue weighted by Crippen LogP contribution is 2.65. The van der Waals surface area contributed by atoms with Crippen molar-refractivity contribution in [2.45, 2.75) is 105 Å². The van der Waals surface area contributed by atoms with Crippen molar-refractivity contribution >= 4 is 29.5 Å². The van der Waals surface area contributed by atoms with Crippen LogP contribution in [0.5, 0.6) is 0 Å². The molecule has 0 spiro atoms. The molecule has 10 heteroatoms. The van der Waals surface area contributed by atoms with Crippen molar-refractivity contribution in [1.82, 2.24) is 20.9 Å². The lowest BCUT2D eigenvalue weighted by Gasteiger charge is -2.38. The molecule has 5 amide bonds. The molecule has 1 heterocycles. The minimum Gasteiger partial charge on any atom is -0.363 e. The SMILES string of the molecule is [2H]C1([2H])C([2H])([2H])C([2H])(CC(NC(=O)[C@@H]2[C@@H]3[C@H](CN2C(=O)[C@@H](NC(=O)NC(C)(C)C)C(C)(C)C)C3(C)C)C(=O)C(N)=O)C1([2H])[2H]. The predicted molar refractivity (Wildman–Crippen MR) is 139 cm³/mol. The van der Waals surface area contributed by atoms with Gasteiger partial charge in [0.1, 0.15) is 12.1 Å². The van der Waals surface area contributed by atoms with Gasteiger partial charge in [0.05, 0.1) is 6.04 Å². The lowest BCUT2D eigenvalue weighted by atomic mass is 9.80. The fourth-order valence-corrected chi connectivity index (χ4v) is 5.23. The maximum absolute atomic E-state index is 14.0. The Morgan fingerprint density at radius 2 is 1.68 bits per heavy atom. The van der Waals surface area contributed by atoms with E-state index in [1.807, 2.05) is 13.8 Å². The predicted octanol–water partition coefficient (Wildman–Crippen LogP) is 1.71. The van der Waals surface area contributed by atoms with Gasteiger partial charge < -0.3 is 26.6 Å². The van der Waals surface area contributed by atoms with Crippen LogP contribution in [0.3, 0.4) is 0 Å². The van der Waals surface area contributed by atoms with E-state index in [9.17, 15) is 24.0 Å². The van der Waals surface area contributed by atoms with Gasteiger partial charge in [0.15, 0.2) is 0 Å². The van der Waals surface area contributed by atoms with Crippen LogP contribution in [0.1, 0.15) is 90.5 Å². The molecule has 1 saturated heterocycles. The Morgan fingerprint density at radius 3 is 2.19 bits per heavy atom. The fourth-order valence-electron chi connectivity index (χ4n) is 5.23. The van der Waals surface area contributed by atoms with Crippen LogP contribution in [0.4, 0.5) is 4.79 Å². The Hall–Kier alpha value is -2.65. The number of Topliss-reactive ketones (excluding diaryl/α,β-unsaturated/α-hetero) is 1. The Morgan fingerprint density at radius 1 is 1.08 bits per heavy atom. The summed E-state index contributed by atoms with van der Waals surface area (Å²) in [6, 6.07) is -4.80. The van der Waals surface area contributed by atoms with Crippen LogP contribution in [0, 0.1) is 28.6 Å². The molecule has 37 heavy (non-hydrogen) atoms. The van der Waals surface area contributed by atoms with Gasteiger partial charge in [-0.1, -0.05) is 53.7 Å². The largest absolute Gasteiger partial charge is 0.363 e. The molecular weight excluding hydrogens is 474 g/mol. The Kier molecular flexibility index (Phi) is 5.44. The van der Waals surface area contributed by atoms with Crippen molar-refractivity contribution in [2.75, 3.05) is 6.54 Å². The van der Waals surface area contributed by atoms with E-state index in [2.05, 4.69) is 16.0 Å². The van der Waals surface area contributed by atoms with E-state index in [0.717, 1.165) is 0 Å². The number of piperidine rings is 1. The molecule has 208 valence electrons. The highest BCUT2D eigenvalue weighted by molar-refractivity contribution is 6.37. The number of nitrogens with one attached hydrogen (secondary N) is 3. The van der Waals surface area contributed by atoms with Crippen molar-refractivity contribution in [3.63, 3.8) is 0 Å². The number of likely N-dealkylation sites (tertiary alicyclic amines) is 1. The van der Waals surface area contributed by atoms with Gasteiger partial charge in [0.25, 0.3) is 5.91 Å². The first-order valence-corrected chi connectivity index (χ1v) is 12.5. The van der Waals surface area contributed by atoms with Gasteiger partial charge in [-0.25, -0.2) is 4.79 Å². The molecule has 3 fully saturated rings. The highest BCUT2D eigenvalue weighted by Gasteiger charge is 2.70. The zero-order valence-corrected chi connectivity index (χ0v) is 22.9. The number of nitrogens with zero attached hydrogens (tertiary/aromatic N) is 1. The lowest BCUT2D eigenvalue weighted by molar-refractivity contribution is -0.145. The van der Waals surface area contributed by atoms with Crippen LogP contribution < -0.4 is 21.7 Å². The number of nitrogens with two attached hydrogens (primary N) is 1. The summed E-state index contributed by atoms with van der Waals surface area (Å²) in [6.45, 7) is 14.5. The van der Waals surface area contributed by atoms with Crippen LogP contribution in [0.25, 0.3) is 0 Å². The molecule has 1 unspecified atom stereocenters. The number of ketones is 1. The number of amides is 5. The average molecular weight is 527 g/mol. The van der Waals surface area contributed by atoms with E-state index < -0.39 is 90.0 Å². The first kappa shape index (κ1) is 20.3. The van der Waals surface area contributed by atoms with Gasteiger partial charge in [-0.15, -0.1) is 0 Å². The minimum absolute atomic E-state index is 0.110. The molecule has 5 atom stereocenters. The summed E-state index contributed by atoms with van der Waals surface area (Å²) in [4.78, 5) is 66.8. The molecule has 0 radical (unpaired) electrons. The molecule has 5 N–H and O–H groups in total. The average Bonchev–Trinajstić information content (AvgIpc) is 3.16. The smallest absolute Gasteiger partial charge is 0.315 e. The van der Waals surface area contributed by atoms with E-state index in [-0.39, 0.29) is 23.8 Å². The summed E-state index contributed by atoms with van der Waals surface area (Å²) in [7, 11) is 0. The summed E-state index contributed by atoms with van der Waals surface area (Å²) in [6.07, 6.45) is -10.4. The molecule has 2 aliphatic carbocycles. The Labute approximate surface area is 230 Å². The number of rotatable bonds is 8. The van der Waals surface area contributed by atoms with Gasteiger partial charge in [0, 0.05) is 21.7 Å². The zero-order chi connectivity index (χ0) is 34.4. The second-order valence-corrected chi connectivity index (χ2v) is 12.9. The summed E-state index contributed by atoms with van der Waals surface area (Å²) in [5.41, 5.74) is 3.42. The van der Waals surface area contributed by atoms with Crippen molar-refractivity contribution in [2.24, 2.45) is 34.3 Å². The number of hydrogen-bond acceptors (Lipinski definition) is 5. The third kappa shape index (κ3) is 6.26. The molecule has 1 aliphatic heterocycles. The quantitative estimate of drug-likeness (QED) is 0.355. The van der Waals surface area contributed by atoms with Gasteiger partial charge in [-0.05, 0) is 55.8 Å². The first-order valence-electron chi connectivity index (χ1n) is 16.0. The molecule has 2 saturated carbocycles. The van der Waals surface area contributed by atoms with E-state index in [1.54, 1.807) is 41.5 Å². The summed E-state index contributed by atoms with van der Waals surface area (Å²) >= 11 is 0. The van der Waals surface area contributed by atoms with Gasteiger partial charge in [-0.3, -0.25) is 19.2 Å². The normalized spacial score (nSPS) is 34.0. The van der Waals surface area contributed by atoms with Crippen molar-refractivity contribution < 1.29 is 33.6 Å². The van der Waals surface area contributed by atoms with Gasteiger partial charge >= 0.3 is 6.03 Å².